The van der Waals surface area contributed by atoms with E-state index in [1.807, 2.05) is 45.2 Å². The lowest BCUT2D eigenvalue weighted by molar-refractivity contribution is -0.119. The van der Waals surface area contributed by atoms with Crippen molar-refractivity contribution in [1.82, 2.24) is 0 Å². The van der Waals surface area contributed by atoms with Crippen LogP contribution in [0.1, 0.15) is 38.2 Å². The van der Waals surface area contributed by atoms with E-state index in [9.17, 15) is 9.59 Å². The van der Waals surface area contributed by atoms with Gasteiger partial charge in [0.05, 0.1) is 0 Å². The van der Waals surface area contributed by atoms with Crippen molar-refractivity contribution in [2.24, 2.45) is 0 Å². The molecular formula is C19H20N2O3S2. The van der Waals surface area contributed by atoms with Gasteiger partial charge in [-0.3, -0.25) is 4.79 Å². The molecule has 0 aliphatic carbocycles. The number of hydrogen-bond donors (Lipinski definition) is 1. The van der Waals surface area contributed by atoms with Crippen LogP contribution in [0.4, 0.5) is 5.69 Å². The first kappa shape index (κ1) is 20.0. The van der Waals surface area contributed by atoms with Crippen LogP contribution in [0.3, 0.4) is 0 Å². The quantitative estimate of drug-likeness (QED) is 0.444. The van der Waals surface area contributed by atoms with E-state index in [1.54, 1.807) is 6.07 Å². The van der Waals surface area contributed by atoms with Crippen molar-refractivity contribution in [2.45, 2.75) is 39.0 Å². The number of hydrogen-bond acceptors (Lipinski definition) is 6. The van der Waals surface area contributed by atoms with Crippen molar-refractivity contribution >= 4 is 40.7 Å². The lowest BCUT2D eigenvalue weighted by atomic mass is 10.1. The van der Waals surface area contributed by atoms with Gasteiger partial charge in [0.1, 0.15) is 10.3 Å². The molecule has 1 amide bonds. The molecule has 2 rings (SSSR count). The Kier molecular flexibility index (Phi) is 6.83. The summed E-state index contributed by atoms with van der Waals surface area (Å²) in [4.78, 5) is 26.7. The van der Waals surface area contributed by atoms with E-state index in [0.29, 0.717) is 10.6 Å². The van der Waals surface area contributed by atoms with Gasteiger partial charge < -0.3 is 10.1 Å². The summed E-state index contributed by atoms with van der Waals surface area (Å²) in [6.07, 6.45) is 0.864. The fourth-order valence-electron chi connectivity index (χ4n) is 2.58. The van der Waals surface area contributed by atoms with Gasteiger partial charge in [-0.1, -0.05) is 6.92 Å². The van der Waals surface area contributed by atoms with E-state index < -0.39 is 11.9 Å². The van der Waals surface area contributed by atoms with Gasteiger partial charge in [0.2, 0.25) is 0 Å². The van der Waals surface area contributed by atoms with Gasteiger partial charge in [0.25, 0.3) is 5.91 Å². The van der Waals surface area contributed by atoms with Crippen LogP contribution in [0.15, 0.2) is 23.1 Å². The van der Waals surface area contributed by atoms with E-state index in [-0.39, 0.29) is 6.61 Å². The van der Waals surface area contributed by atoms with E-state index in [1.165, 1.54) is 11.3 Å². The van der Waals surface area contributed by atoms with Crippen molar-refractivity contribution in [3.63, 3.8) is 0 Å². The van der Waals surface area contributed by atoms with E-state index in [0.717, 1.165) is 44.6 Å². The number of esters is 1. The normalized spacial score (nSPS) is 10.3. The van der Waals surface area contributed by atoms with Gasteiger partial charge in [0.15, 0.2) is 6.61 Å². The molecule has 0 saturated carbocycles. The van der Waals surface area contributed by atoms with Crippen LogP contribution in [-0.4, -0.2) is 18.5 Å². The fraction of sp³-hybridized carbons (Fsp3) is 0.316. The number of thiophene rings is 1. The zero-order chi connectivity index (χ0) is 19.3. The third-order valence-electron chi connectivity index (χ3n) is 3.81. The molecule has 1 aromatic heterocycles. The van der Waals surface area contributed by atoms with Gasteiger partial charge in [-0.15, -0.1) is 11.3 Å². The minimum atomic E-state index is -0.484. The number of anilines is 1. The molecule has 0 radical (unpaired) electrons. The summed E-state index contributed by atoms with van der Waals surface area (Å²) in [7, 11) is 0. The standard InChI is InChI=1S/C19H20N2O3S2/c1-5-15-11(2)8-16(26-15)19(23)24-9-17(22)21-18-12(3)6-14(25-10-20)7-13(18)4/h6-8H,5,9H2,1-4H3,(H,21,22). The van der Waals surface area contributed by atoms with Crippen LogP contribution in [0, 0.1) is 31.4 Å². The van der Waals surface area contributed by atoms with E-state index >= 15 is 0 Å². The zero-order valence-corrected chi connectivity index (χ0v) is 16.8. The maximum absolute atomic E-state index is 12.1. The summed E-state index contributed by atoms with van der Waals surface area (Å²) in [6.45, 7) is 7.36. The molecule has 2 aromatic rings. The molecule has 26 heavy (non-hydrogen) atoms. The number of nitrogens with one attached hydrogen (secondary N) is 1. The highest BCUT2D eigenvalue weighted by atomic mass is 32.2. The third-order valence-corrected chi connectivity index (χ3v) is 5.74. The molecule has 0 bridgehead atoms. The highest BCUT2D eigenvalue weighted by Crippen LogP contribution is 2.27. The van der Waals surface area contributed by atoms with Crippen LogP contribution in [0.2, 0.25) is 0 Å². The van der Waals surface area contributed by atoms with Crippen LogP contribution >= 0.6 is 23.1 Å². The van der Waals surface area contributed by atoms with Crippen molar-refractivity contribution in [2.75, 3.05) is 11.9 Å². The Bertz CT molecular complexity index is 858. The van der Waals surface area contributed by atoms with Gasteiger partial charge in [0, 0.05) is 15.5 Å². The summed E-state index contributed by atoms with van der Waals surface area (Å²) in [6, 6.07) is 5.47. The maximum atomic E-state index is 12.1. The highest BCUT2D eigenvalue weighted by molar-refractivity contribution is 8.03. The summed E-state index contributed by atoms with van der Waals surface area (Å²) < 4.78 is 5.13. The molecule has 0 saturated heterocycles. The van der Waals surface area contributed by atoms with Crippen molar-refractivity contribution < 1.29 is 14.3 Å². The number of carbonyl (C=O) groups excluding carboxylic acids is 2. The molecule has 136 valence electrons. The Morgan fingerprint density at radius 3 is 2.38 bits per heavy atom. The zero-order valence-electron chi connectivity index (χ0n) is 15.1. The SMILES string of the molecule is CCc1sc(C(=O)OCC(=O)Nc2c(C)cc(SC#N)cc2C)cc1C. The first-order chi connectivity index (χ1) is 12.3. The number of ether oxygens (including phenoxy) is 1. The lowest BCUT2D eigenvalue weighted by Gasteiger charge is -2.13. The van der Waals surface area contributed by atoms with Crippen LogP contribution in [0.5, 0.6) is 0 Å². The van der Waals surface area contributed by atoms with Crippen LogP contribution < -0.4 is 5.32 Å². The van der Waals surface area contributed by atoms with E-state index in [4.69, 9.17) is 10.00 Å². The summed E-state index contributed by atoms with van der Waals surface area (Å²) in [5.74, 6) is -0.878. The smallest absolute Gasteiger partial charge is 0.348 e. The first-order valence-electron chi connectivity index (χ1n) is 8.09. The molecule has 0 fully saturated rings. The predicted molar refractivity (Wildman–Crippen MR) is 105 cm³/mol. The number of thioether (sulfide) groups is 1. The number of rotatable bonds is 6. The summed E-state index contributed by atoms with van der Waals surface area (Å²) in [5.41, 5.74) is 3.44. The van der Waals surface area contributed by atoms with Crippen LogP contribution in [0.25, 0.3) is 0 Å². The number of carbonyl (C=O) groups is 2. The Morgan fingerprint density at radius 2 is 1.85 bits per heavy atom. The Labute approximate surface area is 161 Å². The topological polar surface area (TPSA) is 79.2 Å². The first-order valence-corrected chi connectivity index (χ1v) is 9.72. The summed E-state index contributed by atoms with van der Waals surface area (Å²) >= 11 is 2.47. The number of amides is 1. The van der Waals surface area contributed by atoms with E-state index in [2.05, 4.69) is 5.32 Å². The molecule has 1 aromatic carbocycles. The molecule has 0 spiro atoms. The number of benzene rings is 1. The third kappa shape index (κ3) is 4.87. The van der Waals surface area contributed by atoms with Gasteiger partial charge in [-0.2, -0.15) is 5.26 Å². The van der Waals surface area contributed by atoms with Gasteiger partial charge in [-0.05, 0) is 73.8 Å². The number of nitriles is 1. The average Bonchev–Trinajstić information content (AvgIpc) is 2.97. The number of thiocyanates is 1. The second-order valence-corrected chi connectivity index (χ2v) is 7.81. The van der Waals surface area contributed by atoms with Gasteiger partial charge >= 0.3 is 5.97 Å². The van der Waals surface area contributed by atoms with Crippen LogP contribution in [-0.2, 0) is 16.0 Å². The molecule has 0 aliphatic heterocycles. The monoisotopic (exact) mass is 388 g/mol. The predicted octanol–water partition coefficient (Wildman–Crippen LogP) is 4.60. The molecule has 0 unspecified atom stereocenters. The molecule has 1 heterocycles. The minimum Gasteiger partial charge on any atom is -0.451 e. The maximum Gasteiger partial charge on any atom is 0.348 e. The highest BCUT2D eigenvalue weighted by Gasteiger charge is 2.16. The second kappa shape index (κ2) is 8.88. The fourth-order valence-corrected chi connectivity index (χ4v) is 4.17. The van der Waals surface area contributed by atoms with Crippen molar-refractivity contribution in [1.29, 1.82) is 5.26 Å². The molecule has 1 N–H and O–H groups in total. The number of aryl methyl sites for hydroxylation is 4. The van der Waals surface area contributed by atoms with Crippen molar-refractivity contribution in [3.8, 4) is 5.40 Å². The largest absolute Gasteiger partial charge is 0.451 e. The van der Waals surface area contributed by atoms with Crippen molar-refractivity contribution in [3.05, 3.63) is 44.6 Å². The average molecular weight is 389 g/mol. The summed E-state index contributed by atoms with van der Waals surface area (Å²) in [5, 5.41) is 13.6. The minimum absolute atomic E-state index is 0.342. The Hall–Kier alpha value is -2.30. The molecular weight excluding hydrogens is 368 g/mol. The Balaban J connectivity index is 1.98. The molecule has 5 nitrogen and oxygen atoms in total. The molecule has 0 aliphatic rings. The van der Waals surface area contributed by atoms with Gasteiger partial charge in [-0.25, -0.2) is 4.79 Å². The molecule has 7 heteroatoms. The molecule has 0 atom stereocenters. The Morgan fingerprint density at radius 1 is 1.19 bits per heavy atom. The second-order valence-electron chi connectivity index (χ2n) is 5.82. The number of nitrogens with zero attached hydrogens (tertiary/aromatic N) is 1. The lowest BCUT2D eigenvalue weighted by Crippen LogP contribution is -2.21.